The third-order valence-electron chi connectivity index (χ3n) is 6.98. The zero-order chi connectivity index (χ0) is 29.3. The molecule has 0 aliphatic carbocycles. The van der Waals surface area contributed by atoms with Crippen LogP contribution in [0.5, 0.6) is 0 Å². The fraction of sp³-hybridized carbons (Fsp3) is 0.839. The lowest BCUT2D eigenvalue weighted by Gasteiger charge is -2.22. The molecule has 1 aromatic rings. The maximum atomic E-state index is 12.3. The molecule has 8 nitrogen and oxygen atoms in total. The zero-order valence-corrected chi connectivity index (χ0v) is 27.0. The number of nitrogens with zero attached hydrogens (tertiary/aromatic N) is 2. The Labute approximate surface area is 246 Å². The smallest absolute Gasteiger partial charge is 0.376 e. The number of anilines is 1. The van der Waals surface area contributed by atoms with Gasteiger partial charge >= 0.3 is 8.17 Å². The topological polar surface area (TPSA) is 87.3 Å². The van der Waals surface area contributed by atoms with Crippen LogP contribution in [0.1, 0.15) is 110 Å². The second-order valence-electron chi connectivity index (χ2n) is 10.9. The molecule has 0 saturated carbocycles. The van der Waals surface area contributed by atoms with Crippen LogP contribution < -0.4 is 14.4 Å². The molecule has 0 aliphatic rings. The number of hydrogen-bond donors (Lipinski definition) is 1. The van der Waals surface area contributed by atoms with Crippen LogP contribution in [0.15, 0.2) is 24.5 Å². The van der Waals surface area contributed by atoms with Crippen molar-refractivity contribution in [2.75, 3.05) is 52.0 Å². The molecule has 0 amide bonds. The van der Waals surface area contributed by atoms with Crippen LogP contribution in [-0.4, -0.2) is 58.1 Å². The van der Waals surface area contributed by atoms with Crippen molar-refractivity contribution in [1.82, 2.24) is 0 Å². The van der Waals surface area contributed by atoms with Gasteiger partial charge in [0.25, 0.3) is 0 Å². The Morgan fingerprint density at radius 1 is 0.775 bits per heavy atom. The van der Waals surface area contributed by atoms with Crippen molar-refractivity contribution in [2.24, 2.45) is 0 Å². The standard InChI is InChI=1S/C31H59N2O6P/c1-5-7-8-9-10-11-12-13-14-15-16-17-18-19-26-36-28-31(37-6-2)29-39-40(34,35)38-27-20-23-33-24-21-30(22-25-33)32(3)4/h21-22,24-25,31H,5-20,23,26-29H2,1-4H3/p+1/t31-/m1/s1. The number of pyridine rings is 1. The molecule has 40 heavy (non-hydrogen) atoms. The number of phosphoric acid groups is 1. The Balaban J connectivity index is 2.03. The van der Waals surface area contributed by atoms with Gasteiger partial charge in [-0.2, -0.15) is 13.9 Å². The molecule has 0 spiro atoms. The molecule has 0 saturated heterocycles. The van der Waals surface area contributed by atoms with Crippen LogP contribution >= 0.6 is 8.17 Å². The lowest BCUT2D eigenvalue weighted by Crippen LogP contribution is -2.33. The van der Waals surface area contributed by atoms with E-state index in [2.05, 4.69) is 6.92 Å². The van der Waals surface area contributed by atoms with Crippen LogP contribution in [0.25, 0.3) is 0 Å². The highest BCUT2D eigenvalue weighted by Crippen LogP contribution is 2.47. The van der Waals surface area contributed by atoms with Crippen molar-refractivity contribution < 1.29 is 32.9 Å². The summed E-state index contributed by atoms with van der Waals surface area (Å²) in [6.07, 6.45) is 22.8. The first-order valence-electron chi connectivity index (χ1n) is 15.9. The fourth-order valence-electron chi connectivity index (χ4n) is 4.53. The lowest BCUT2D eigenvalue weighted by atomic mass is 10.0. The number of ether oxygens (including phenoxy) is 2. The molecule has 1 unspecified atom stereocenters. The van der Waals surface area contributed by atoms with Gasteiger partial charge in [0.05, 0.1) is 6.61 Å². The molecule has 1 aromatic heterocycles. The maximum absolute atomic E-state index is 12.3. The normalized spacial score (nSPS) is 13.8. The van der Waals surface area contributed by atoms with E-state index in [1.54, 1.807) is 0 Å². The highest BCUT2D eigenvalue weighted by atomic mass is 31.2. The quantitative estimate of drug-likeness (QED) is 0.0690. The van der Waals surface area contributed by atoms with E-state index >= 15 is 0 Å². The van der Waals surface area contributed by atoms with Gasteiger partial charge in [0.2, 0.25) is 0 Å². The molecule has 9 heteroatoms. The van der Waals surface area contributed by atoms with Gasteiger partial charge in [-0.3, -0.25) is 0 Å². The summed E-state index contributed by atoms with van der Waals surface area (Å²) >= 11 is 0. The van der Waals surface area contributed by atoms with Gasteiger partial charge in [-0.15, -0.1) is 0 Å². The molecular weight excluding hydrogens is 527 g/mol. The van der Waals surface area contributed by atoms with E-state index in [0.717, 1.165) is 12.1 Å². The van der Waals surface area contributed by atoms with Crippen LogP contribution in [0.2, 0.25) is 0 Å². The van der Waals surface area contributed by atoms with E-state index in [4.69, 9.17) is 18.5 Å². The Hall–Kier alpha value is -0.860. The van der Waals surface area contributed by atoms with E-state index in [1.165, 1.54) is 83.5 Å². The Bertz CT molecular complexity index is 693. The van der Waals surface area contributed by atoms with Gasteiger partial charge in [0.15, 0.2) is 18.9 Å². The third kappa shape index (κ3) is 20.9. The summed E-state index contributed by atoms with van der Waals surface area (Å²) in [7, 11) is -0.149. The van der Waals surface area contributed by atoms with Gasteiger partial charge < -0.3 is 19.3 Å². The molecule has 1 rings (SSSR count). The van der Waals surface area contributed by atoms with E-state index in [0.29, 0.717) is 32.8 Å². The van der Waals surface area contributed by atoms with Crippen molar-refractivity contribution in [3.63, 3.8) is 0 Å². The molecule has 0 aromatic carbocycles. The van der Waals surface area contributed by atoms with Crippen molar-refractivity contribution in [3.8, 4) is 0 Å². The molecule has 0 fully saturated rings. The van der Waals surface area contributed by atoms with Crippen LogP contribution in [0.4, 0.5) is 5.69 Å². The summed E-state index contributed by atoms with van der Waals surface area (Å²) in [5.74, 6) is 0. The molecule has 2 atom stereocenters. The van der Waals surface area contributed by atoms with Crippen LogP contribution in [0.3, 0.4) is 0 Å². The SMILES string of the molecule is CCCCCCCCCCCCCCCCOC[C@H](CO[P+]([O-])(O)OCCC[n+]1ccc(N(C)C)cc1)OCC. The van der Waals surface area contributed by atoms with Crippen molar-refractivity contribution in [1.29, 1.82) is 0 Å². The molecule has 0 aliphatic heterocycles. The van der Waals surface area contributed by atoms with Crippen LogP contribution in [-0.2, 0) is 25.1 Å². The van der Waals surface area contributed by atoms with Crippen LogP contribution in [0, 0.1) is 0 Å². The zero-order valence-electron chi connectivity index (χ0n) is 26.1. The summed E-state index contributed by atoms with van der Waals surface area (Å²) in [5.41, 5.74) is 1.12. The monoisotopic (exact) mass is 587 g/mol. The maximum Gasteiger partial charge on any atom is 0.376 e. The predicted molar refractivity (Wildman–Crippen MR) is 163 cm³/mol. The van der Waals surface area contributed by atoms with Crippen molar-refractivity contribution >= 4 is 13.9 Å². The molecule has 0 bridgehead atoms. The Kier molecular flexibility index (Phi) is 23.0. The molecule has 0 radical (unpaired) electrons. The van der Waals surface area contributed by atoms with Gasteiger partial charge in [-0.05, 0) is 13.3 Å². The van der Waals surface area contributed by atoms with E-state index in [1.807, 2.05) is 55.0 Å². The summed E-state index contributed by atoms with van der Waals surface area (Å²) in [4.78, 5) is 24.4. The summed E-state index contributed by atoms with van der Waals surface area (Å²) in [6.45, 7) is 6.42. The number of aromatic nitrogens is 1. The second kappa shape index (κ2) is 24.7. The predicted octanol–water partition coefficient (Wildman–Crippen LogP) is 6.40. The summed E-state index contributed by atoms with van der Waals surface area (Å²) < 4.78 is 23.7. The van der Waals surface area contributed by atoms with Gasteiger partial charge in [-0.25, -0.2) is 4.57 Å². The lowest BCUT2D eigenvalue weighted by molar-refractivity contribution is -0.697. The number of unbranched alkanes of at least 4 members (excludes halogenated alkanes) is 13. The van der Waals surface area contributed by atoms with E-state index < -0.39 is 14.3 Å². The van der Waals surface area contributed by atoms with Crippen molar-refractivity contribution in [2.45, 2.75) is 123 Å². The first-order valence-corrected chi connectivity index (χ1v) is 17.3. The first-order chi connectivity index (χ1) is 19.4. The molecule has 1 heterocycles. The fourth-order valence-corrected chi connectivity index (χ4v) is 5.32. The minimum absolute atomic E-state index is 0.0406. The van der Waals surface area contributed by atoms with Gasteiger partial charge in [0.1, 0.15) is 19.3 Å². The van der Waals surface area contributed by atoms with E-state index in [9.17, 15) is 9.79 Å². The average Bonchev–Trinajstić information content (AvgIpc) is 2.94. The number of phosphoric ester groups is 1. The number of aryl methyl sites for hydroxylation is 1. The minimum atomic E-state index is -4.14. The number of rotatable bonds is 28. The molecule has 234 valence electrons. The Morgan fingerprint density at radius 2 is 1.32 bits per heavy atom. The highest BCUT2D eigenvalue weighted by Gasteiger charge is 2.29. The number of hydrogen-bond acceptors (Lipinski definition) is 7. The molecule has 1 N–H and O–H groups in total. The first kappa shape index (κ1) is 37.2. The molecular formula is C31H60N2O6P+. The average molecular weight is 588 g/mol. The summed E-state index contributed by atoms with van der Waals surface area (Å²) in [5, 5.41) is 0. The second-order valence-corrected chi connectivity index (χ2v) is 12.3. The van der Waals surface area contributed by atoms with Crippen molar-refractivity contribution in [3.05, 3.63) is 24.5 Å². The van der Waals surface area contributed by atoms with Gasteiger partial charge in [0, 0.05) is 51.6 Å². The third-order valence-corrected chi connectivity index (χ3v) is 7.96. The Morgan fingerprint density at radius 3 is 1.85 bits per heavy atom. The minimum Gasteiger partial charge on any atom is -0.606 e. The van der Waals surface area contributed by atoms with E-state index in [-0.39, 0.29) is 13.2 Å². The van der Waals surface area contributed by atoms with Gasteiger partial charge in [-0.1, -0.05) is 90.4 Å². The largest absolute Gasteiger partial charge is 0.606 e. The summed E-state index contributed by atoms with van der Waals surface area (Å²) in [6, 6.07) is 4.05. The highest BCUT2D eigenvalue weighted by molar-refractivity contribution is 7.52.